The van der Waals surface area contributed by atoms with Gasteiger partial charge < -0.3 is 57.1 Å². The number of hydrogen-bond acceptors (Lipinski definition) is 12. The number of likely N-dealkylation sites (tertiary alicyclic amines) is 1. The van der Waals surface area contributed by atoms with Crippen LogP contribution in [0.1, 0.15) is 65.1 Å². The minimum Gasteiger partial charge on any atom is -0.493 e. The maximum atomic E-state index is 12.7. The molecule has 2 atom stereocenters. The van der Waals surface area contributed by atoms with Crippen molar-refractivity contribution in [3.8, 4) is 34.5 Å². The number of carbonyl (C=O) groups excluding carboxylic acids is 2. The summed E-state index contributed by atoms with van der Waals surface area (Å²) in [5.74, 6) is 2.27. The summed E-state index contributed by atoms with van der Waals surface area (Å²) in [5, 5.41) is 20.2. The van der Waals surface area contributed by atoms with Crippen molar-refractivity contribution < 1.29 is 66.7 Å². The van der Waals surface area contributed by atoms with Gasteiger partial charge in [-0.05, 0) is 52.6 Å². The molecule has 2 N–H and O–H groups in total. The van der Waals surface area contributed by atoms with Gasteiger partial charge in [0.05, 0.1) is 109 Å². The molecule has 0 spiro atoms. The van der Waals surface area contributed by atoms with Crippen molar-refractivity contribution >= 4 is 11.9 Å². The second-order valence-electron chi connectivity index (χ2n) is 15.9. The van der Waals surface area contributed by atoms with E-state index in [4.69, 9.17) is 37.9 Å². The number of rotatable bonds is 22. The lowest BCUT2D eigenvalue weighted by Crippen LogP contribution is -2.52. The van der Waals surface area contributed by atoms with Gasteiger partial charge in [0.1, 0.15) is 12.6 Å². The van der Waals surface area contributed by atoms with Gasteiger partial charge in [0.15, 0.2) is 23.0 Å². The van der Waals surface area contributed by atoms with Crippen LogP contribution in [0.4, 0.5) is 0 Å². The minimum atomic E-state index is -0.608. The highest BCUT2D eigenvalue weighted by Crippen LogP contribution is 2.43. The largest absolute Gasteiger partial charge is 0.493 e. The van der Waals surface area contributed by atoms with E-state index in [1.807, 2.05) is 36.4 Å². The zero-order valence-corrected chi connectivity index (χ0v) is 36.4. The molecule has 5 rings (SSSR count). The van der Waals surface area contributed by atoms with Crippen LogP contribution in [0.2, 0.25) is 0 Å². The van der Waals surface area contributed by atoms with Crippen LogP contribution in [-0.2, 0) is 51.7 Å². The summed E-state index contributed by atoms with van der Waals surface area (Å²) in [7, 11) is 11.8. The molecular weight excluding hydrogens is 773 g/mol. The minimum absolute atomic E-state index is 0.0308. The van der Waals surface area contributed by atoms with E-state index in [0.717, 1.165) is 96.4 Å². The Morgan fingerprint density at radius 3 is 1.62 bits per heavy atom. The number of esters is 2. The van der Waals surface area contributed by atoms with Gasteiger partial charge in [-0.15, -0.1) is 0 Å². The van der Waals surface area contributed by atoms with Gasteiger partial charge >= 0.3 is 11.9 Å². The number of aliphatic hydroxyl groups excluding tert-OH is 2. The SMILES string of the molecule is COc1cc(C[C@@H]2c3cc(CO)c(CO)cc3CC[N@@+]2(C)CCCOC(=O)/C=C\C(=O)OCCC[N+]2(Cc3cc(OC)c(OC)c(OC)c3)CCCC2)cc(OC)c1OC. The molecule has 1 fully saturated rings. The average Bonchev–Trinajstić information content (AvgIpc) is 3.73. The summed E-state index contributed by atoms with van der Waals surface area (Å²) in [6.07, 6.45) is 7.19. The molecule has 0 aliphatic carbocycles. The number of methoxy groups -OCH3 is 6. The first-order valence-corrected chi connectivity index (χ1v) is 20.6. The van der Waals surface area contributed by atoms with Crippen LogP contribution in [0.15, 0.2) is 48.6 Å². The number of nitrogens with zero attached hydrogens (tertiary/aromatic N) is 2. The number of fused-ring (bicyclic) bond motifs is 1. The molecule has 0 amide bonds. The van der Waals surface area contributed by atoms with E-state index >= 15 is 0 Å². The van der Waals surface area contributed by atoms with Gasteiger partial charge in [-0.3, -0.25) is 0 Å². The van der Waals surface area contributed by atoms with Crippen molar-refractivity contribution in [2.45, 2.75) is 64.3 Å². The third-order valence-electron chi connectivity index (χ3n) is 12.2. The average molecular weight is 837 g/mol. The molecule has 0 unspecified atom stereocenters. The second kappa shape index (κ2) is 21.5. The first-order valence-electron chi connectivity index (χ1n) is 20.6. The molecule has 14 heteroatoms. The Morgan fingerprint density at radius 1 is 0.650 bits per heavy atom. The Bertz CT molecular complexity index is 1910. The number of quaternary nitrogens is 2. The Hall–Kier alpha value is -5.02. The Morgan fingerprint density at radius 2 is 1.13 bits per heavy atom. The standard InChI is InChI=1S/C46H64N2O12/c1-47(19-14-34-27-35(30-49)36(31-50)28-37(34)38(47)22-32-23-39(53-2)45(57-6)40(24-32)54-3)15-10-20-59-43(51)12-13-44(52)60-21-11-18-48(16-8-9-17-48)29-33-25-41(55-4)46(58-7)42(26-33)56-5/h12-13,23-28,38,49-50H,8-11,14-22,29-31H2,1-7H3/q+2/b13-12-/t38-,47-/m1/s1. The van der Waals surface area contributed by atoms with Crippen LogP contribution in [0.5, 0.6) is 34.5 Å². The molecular formula is C46H64N2O12+2. The summed E-state index contributed by atoms with van der Waals surface area (Å²) < 4.78 is 46.0. The molecule has 60 heavy (non-hydrogen) atoms. The van der Waals surface area contributed by atoms with E-state index in [1.165, 1.54) is 0 Å². The number of aliphatic hydroxyl groups is 2. The highest BCUT2D eigenvalue weighted by atomic mass is 16.5. The van der Waals surface area contributed by atoms with Gasteiger partial charge in [0, 0.05) is 61.8 Å². The number of hydrogen-bond donors (Lipinski definition) is 2. The van der Waals surface area contributed by atoms with E-state index in [2.05, 4.69) is 7.05 Å². The van der Waals surface area contributed by atoms with Crippen molar-refractivity contribution in [2.24, 2.45) is 0 Å². The van der Waals surface area contributed by atoms with Gasteiger partial charge in [-0.2, -0.15) is 0 Å². The molecule has 1 saturated heterocycles. The first kappa shape index (κ1) is 46.1. The zero-order valence-electron chi connectivity index (χ0n) is 36.4. The van der Waals surface area contributed by atoms with Gasteiger partial charge in [-0.25, -0.2) is 9.59 Å². The number of benzene rings is 3. The summed E-state index contributed by atoms with van der Waals surface area (Å²) in [6, 6.07) is 11.9. The Balaban J connectivity index is 1.15. The van der Waals surface area contributed by atoms with Crippen molar-refractivity contribution in [1.29, 1.82) is 0 Å². The molecule has 0 aromatic heterocycles. The molecule has 3 aromatic carbocycles. The van der Waals surface area contributed by atoms with E-state index in [9.17, 15) is 19.8 Å². The summed E-state index contributed by atoms with van der Waals surface area (Å²) in [5.41, 5.74) is 5.74. The predicted molar refractivity (Wildman–Crippen MR) is 225 cm³/mol. The summed E-state index contributed by atoms with van der Waals surface area (Å²) in [4.78, 5) is 25.2. The van der Waals surface area contributed by atoms with Crippen molar-refractivity contribution in [3.05, 3.63) is 81.9 Å². The van der Waals surface area contributed by atoms with Crippen LogP contribution in [0.25, 0.3) is 0 Å². The summed E-state index contributed by atoms with van der Waals surface area (Å²) >= 11 is 0. The van der Waals surface area contributed by atoms with Crippen LogP contribution >= 0.6 is 0 Å². The lowest BCUT2D eigenvalue weighted by Gasteiger charge is -2.46. The maximum Gasteiger partial charge on any atom is 0.331 e. The van der Waals surface area contributed by atoms with Gasteiger partial charge in [0.2, 0.25) is 11.5 Å². The molecule has 0 bridgehead atoms. The second-order valence-corrected chi connectivity index (χ2v) is 15.9. The molecule has 328 valence electrons. The van der Waals surface area contributed by atoms with Crippen LogP contribution in [-0.4, -0.2) is 127 Å². The Kier molecular flexibility index (Phi) is 16.5. The van der Waals surface area contributed by atoms with E-state index in [0.29, 0.717) is 70.4 Å². The van der Waals surface area contributed by atoms with Crippen molar-refractivity contribution in [1.82, 2.24) is 0 Å². The smallest absolute Gasteiger partial charge is 0.331 e. The van der Waals surface area contributed by atoms with E-state index in [-0.39, 0.29) is 32.5 Å². The first-order chi connectivity index (χ1) is 29.0. The third-order valence-corrected chi connectivity index (χ3v) is 12.2. The molecule has 2 aliphatic heterocycles. The summed E-state index contributed by atoms with van der Waals surface area (Å²) in [6.45, 7) is 5.30. The topological polar surface area (TPSA) is 148 Å². The molecule has 0 radical (unpaired) electrons. The number of ether oxygens (including phenoxy) is 8. The lowest BCUT2D eigenvalue weighted by atomic mass is 9.84. The van der Waals surface area contributed by atoms with Gasteiger partial charge in [-0.1, -0.05) is 6.07 Å². The van der Waals surface area contributed by atoms with Gasteiger partial charge in [0.25, 0.3) is 0 Å². The fourth-order valence-electron chi connectivity index (χ4n) is 9.01. The number of likely N-dealkylation sites (N-methyl/N-ethyl adjacent to an activating group) is 1. The van der Waals surface area contributed by atoms with E-state index < -0.39 is 11.9 Å². The lowest BCUT2D eigenvalue weighted by molar-refractivity contribution is -0.941. The van der Waals surface area contributed by atoms with Crippen LogP contribution in [0.3, 0.4) is 0 Å². The monoisotopic (exact) mass is 836 g/mol. The third kappa shape index (κ3) is 11.0. The molecule has 3 aromatic rings. The molecule has 2 aliphatic rings. The Labute approximate surface area is 354 Å². The quantitative estimate of drug-likeness (QED) is 0.0590. The molecule has 2 heterocycles. The zero-order chi connectivity index (χ0) is 43.3. The van der Waals surface area contributed by atoms with Crippen molar-refractivity contribution in [2.75, 3.05) is 95.6 Å². The normalized spacial score (nSPS) is 18.1. The van der Waals surface area contributed by atoms with Crippen LogP contribution < -0.4 is 28.4 Å². The fraction of sp³-hybridized carbons (Fsp3) is 0.522. The number of carbonyl (C=O) groups is 2. The molecule has 14 nitrogen and oxygen atoms in total. The van der Waals surface area contributed by atoms with Crippen LogP contribution in [0, 0.1) is 0 Å². The highest BCUT2D eigenvalue weighted by Gasteiger charge is 2.40. The van der Waals surface area contributed by atoms with E-state index in [1.54, 1.807) is 42.7 Å². The molecule has 0 saturated carbocycles. The fourth-order valence-corrected chi connectivity index (χ4v) is 9.01. The maximum absolute atomic E-state index is 12.7. The predicted octanol–water partition coefficient (Wildman–Crippen LogP) is 5.24. The highest BCUT2D eigenvalue weighted by molar-refractivity contribution is 5.91. The van der Waals surface area contributed by atoms with Crippen molar-refractivity contribution in [3.63, 3.8) is 0 Å².